The summed E-state index contributed by atoms with van der Waals surface area (Å²) in [7, 11) is 1.89. The van der Waals surface area contributed by atoms with Gasteiger partial charge in [-0.15, -0.1) is 11.8 Å². The summed E-state index contributed by atoms with van der Waals surface area (Å²) < 4.78 is 7.79. The standard InChI is InChI=1S/C29H47N3O6S.C2H6/c1-17-9-8-10-29(5)24(32(29)11-12-33)16-23(18(2)13-21-14-25(39-7)31(6)30-21)38-26(35)15-22(34)19(3)28(37)20(4)27(17)36;1-2/h13-14,17,19-20,22-24,27,33-34,36H,8-12,15-16H2,1-7H3;1-2H3/b18-13+;/t17-,19?,20+,22-,23?,24?,27?,29+,32?;/m0./s1. The molecule has 234 valence electrons. The number of carbonyl (C=O) groups excluding carboxylic acids is 2. The molecule has 2 aliphatic heterocycles. The number of nitrogens with zero attached hydrogens (tertiary/aromatic N) is 3. The van der Waals surface area contributed by atoms with Crippen LogP contribution in [0.2, 0.25) is 0 Å². The maximum absolute atomic E-state index is 13.1. The molecule has 0 saturated carbocycles. The second kappa shape index (κ2) is 15.7. The third-order valence-corrected chi connectivity index (χ3v) is 9.77. The van der Waals surface area contributed by atoms with Crippen LogP contribution in [0.4, 0.5) is 0 Å². The second-order valence-corrected chi connectivity index (χ2v) is 12.6. The number of ketones is 1. The van der Waals surface area contributed by atoms with E-state index in [1.165, 1.54) is 0 Å². The van der Waals surface area contributed by atoms with Gasteiger partial charge in [-0.25, -0.2) is 0 Å². The van der Waals surface area contributed by atoms with Crippen LogP contribution < -0.4 is 0 Å². The van der Waals surface area contributed by atoms with Crippen molar-refractivity contribution in [2.45, 2.75) is 115 Å². The topological polar surface area (TPSA) is 125 Å². The molecule has 5 unspecified atom stereocenters. The van der Waals surface area contributed by atoms with Gasteiger partial charge in [0.15, 0.2) is 0 Å². The van der Waals surface area contributed by atoms with Crippen molar-refractivity contribution in [2.75, 3.05) is 19.4 Å². The average molecular weight is 596 g/mol. The lowest BCUT2D eigenvalue weighted by Gasteiger charge is -2.28. The summed E-state index contributed by atoms with van der Waals surface area (Å²) in [6, 6.07) is 2.09. The molecule has 1 aromatic rings. The first-order chi connectivity index (χ1) is 19.3. The number of fused-ring (bicyclic) bond motifs is 1. The van der Waals surface area contributed by atoms with Crippen molar-refractivity contribution in [3.8, 4) is 0 Å². The summed E-state index contributed by atoms with van der Waals surface area (Å²) >= 11 is 1.60. The van der Waals surface area contributed by atoms with Gasteiger partial charge in [0.1, 0.15) is 11.9 Å². The number of cyclic esters (lactones) is 1. The van der Waals surface area contributed by atoms with Crippen LogP contribution in [0.5, 0.6) is 0 Å². The number of hydrogen-bond donors (Lipinski definition) is 3. The van der Waals surface area contributed by atoms with Gasteiger partial charge in [-0.2, -0.15) is 5.10 Å². The van der Waals surface area contributed by atoms with E-state index in [1.807, 2.05) is 57.8 Å². The van der Waals surface area contributed by atoms with Gasteiger partial charge in [0, 0.05) is 43.4 Å². The van der Waals surface area contributed by atoms with Gasteiger partial charge in [0.05, 0.1) is 36.0 Å². The van der Waals surface area contributed by atoms with Crippen LogP contribution in [-0.2, 0) is 21.4 Å². The number of Topliss-reactive ketones (excluding diaryl/α,β-unsaturated/α-hetero) is 1. The van der Waals surface area contributed by atoms with E-state index >= 15 is 0 Å². The molecule has 2 saturated heterocycles. The lowest BCUT2D eigenvalue weighted by Crippen LogP contribution is -2.39. The van der Waals surface area contributed by atoms with E-state index in [9.17, 15) is 24.9 Å². The highest BCUT2D eigenvalue weighted by molar-refractivity contribution is 7.98. The number of aliphatic hydroxyl groups excluding tert-OH is 3. The Morgan fingerprint density at radius 3 is 2.46 bits per heavy atom. The van der Waals surface area contributed by atoms with Crippen LogP contribution in [0.1, 0.15) is 86.3 Å². The SMILES string of the molecule is CC.CSc1cc(/C=C(\C)C2CC3N(CCO)[C@]3(C)CCC[C@H](C)C(O)[C@@H](C)C(=O)C(C)[C@@H](O)CC(=O)O2)nn1C. The first-order valence-electron chi connectivity index (χ1n) is 15.1. The number of carbonyl (C=O) groups is 2. The number of rotatable bonds is 5. The molecule has 2 aliphatic rings. The third-order valence-electron chi connectivity index (χ3n) is 8.97. The molecule has 9 nitrogen and oxygen atoms in total. The zero-order valence-corrected chi connectivity index (χ0v) is 27.3. The first-order valence-corrected chi connectivity index (χ1v) is 16.3. The average Bonchev–Trinajstić information content (AvgIpc) is 3.29. The molecule has 0 spiro atoms. The molecule has 2 fully saturated rings. The van der Waals surface area contributed by atoms with Crippen molar-refractivity contribution in [1.29, 1.82) is 0 Å². The molecule has 3 heterocycles. The van der Waals surface area contributed by atoms with Crippen molar-refractivity contribution in [1.82, 2.24) is 14.7 Å². The van der Waals surface area contributed by atoms with Crippen LogP contribution in [0, 0.1) is 17.8 Å². The van der Waals surface area contributed by atoms with Crippen LogP contribution >= 0.6 is 11.8 Å². The predicted molar refractivity (Wildman–Crippen MR) is 163 cm³/mol. The van der Waals surface area contributed by atoms with E-state index in [0.717, 1.165) is 35.6 Å². The van der Waals surface area contributed by atoms with Gasteiger partial charge in [0.25, 0.3) is 0 Å². The van der Waals surface area contributed by atoms with Crippen molar-refractivity contribution < 1.29 is 29.6 Å². The Kier molecular flexibility index (Phi) is 13.6. The van der Waals surface area contributed by atoms with Gasteiger partial charge in [-0.05, 0) is 56.6 Å². The van der Waals surface area contributed by atoms with E-state index in [2.05, 4.69) is 16.9 Å². The Hall–Kier alpha value is -1.72. The molecule has 0 aromatic carbocycles. The molecule has 41 heavy (non-hydrogen) atoms. The summed E-state index contributed by atoms with van der Waals surface area (Å²) in [6.07, 6.45) is 4.08. The van der Waals surface area contributed by atoms with Gasteiger partial charge >= 0.3 is 5.97 Å². The summed E-state index contributed by atoms with van der Waals surface area (Å²) in [5, 5.41) is 36.9. The lowest BCUT2D eigenvalue weighted by molar-refractivity contribution is -0.151. The second-order valence-electron chi connectivity index (χ2n) is 11.7. The molecule has 3 N–H and O–H groups in total. The lowest BCUT2D eigenvalue weighted by atomic mass is 9.81. The highest BCUT2D eigenvalue weighted by Crippen LogP contribution is 2.48. The molecule has 0 radical (unpaired) electrons. The minimum absolute atomic E-state index is 0.0373. The fraction of sp³-hybridized carbons (Fsp3) is 0.774. The van der Waals surface area contributed by atoms with Gasteiger partial charge in [-0.3, -0.25) is 19.2 Å². The maximum Gasteiger partial charge on any atom is 0.309 e. The Morgan fingerprint density at radius 2 is 1.88 bits per heavy atom. The monoisotopic (exact) mass is 595 g/mol. The van der Waals surface area contributed by atoms with Crippen LogP contribution in [0.3, 0.4) is 0 Å². The van der Waals surface area contributed by atoms with Crippen molar-refractivity contribution in [3.63, 3.8) is 0 Å². The predicted octanol–water partition coefficient (Wildman–Crippen LogP) is 4.08. The fourth-order valence-electron chi connectivity index (χ4n) is 6.15. The largest absolute Gasteiger partial charge is 0.458 e. The number of hydrogen-bond acceptors (Lipinski definition) is 9. The molecule has 10 heteroatoms. The molecular weight excluding hydrogens is 542 g/mol. The third kappa shape index (κ3) is 8.66. The van der Waals surface area contributed by atoms with Crippen LogP contribution in [0.15, 0.2) is 16.7 Å². The summed E-state index contributed by atoms with van der Waals surface area (Å²) in [5.74, 6) is -2.36. The molecule has 1 aromatic heterocycles. The smallest absolute Gasteiger partial charge is 0.309 e. The zero-order valence-electron chi connectivity index (χ0n) is 26.5. The Bertz CT molecular complexity index is 1050. The minimum Gasteiger partial charge on any atom is -0.458 e. The molecule has 9 atom stereocenters. The van der Waals surface area contributed by atoms with Crippen LogP contribution in [-0.4, -0.2) is 91.1 Å². The first kappa shape index (κ1) is 35.5. The molecule has 0 bridgehead atoms. The van der Waals surface area contributed by atoms with E-state index in [1.54, 1.807) is 25.6 Å². The Morgan fingerprint density at radius 1 is 1.22 bits per heavy atom. The van der Waals surface area contributed by atoms with Gasteiger partial charge in [-0.1, -0.05) is 41.0 Å². The quantitative estimate of drug-likeness (QED) is 0.262. The Labute approximate surface area is 250 Å². The molecule has 0 amide bonds. The van der Waals surface area contributed by atoms with E-state index in [0.29, 0.717) is 13.0 Å². The molecular formula is C31H53N3O6S. The Balaban J connectivity index is 0.00000287. The number of aromatic nitrogens is 2. The van der Waals surface area contributed by atoms with Crippen molar-refractivity contribution in [2.24, 2.45) is 24.8 Å². The normalized spacial score (nSPS) is 35.7. The van der Waals surface area contributed by atoms with Crippen molar-refractivity contribution in [3.05, 3.63) is 17.3 Å². The number of aryl methyl sites for hydroxylation is 1. The highest BCUT2D eigenvalue weighted by atomic mass is 32.2. The van der Waals surface area contributed by atoms with E-state index in [4.69, 9.17) is 4.74 Å². The van der Waals surface area contributed by atoms with Gasteiger partial charge < -0.3 is 20.1 Å². The summed E-state index contributed by atoms with van der Waals surface area (Å²) in [5.41, 5.74) is 1.45. The number of aliphatic hydroxyl groups is 3. The van der Waals surface area contributed by atoms with E-state index in [-0.39, 0.29) is 36.3 Å². The number of ether oxygens (including phenoxy) is 1. The van der Waals surface area contributed by atoms with Crippen molar-refractivity contribution >= 4 is 29.6 Å². The van der Waals surface area contributed by atoms with E-state index < -0.39 is 36.1 Å². The maximum atomic E-state index is 13.1. The highest BCUT2D eigenvalue weighted by Gasteiger charge is 2.58. The number of β-amino-alcohol motifs (C(OH)–C–C–N with tert-alkyl or cyclic N) is 1. The molecule has 0 aliphatic carbocycles. The van der Waals surface area contributed by atoms with Gasteiger partial charge in [0.2, 0.25) is 0 Å². The summed E-state index contributed by atoms with van der Waals surface area (Å²) in [4.78, 5) is 28.4. The zero-order chi connectivity index (χ0) is 31.1. The minimum atomic E-state index is -1.20. The number of esters is 1. The van der Waals surface area contributed by atoms with Crippen LogP contribution in [0.25, 0.3) is 6.08 Å². The number of thioether (sulfide) groups is 1. The molecule has 3 rings (SSSR count). The fourth-order valence-corrected chi connectivity index (χ4v) is 6.70. The summed E-state index contributed by atoms with van der Waals surface area (Å²) in [6.45, 7) is 13.9.